The highest BCUT2D eigenvalue weighted by atomic mass is 35.5. The van der Waals surface area contributed by atoms with Crippen LogP contribution in [0.25, 0.3) is 0 Å². The monoisotopic (exact) mass is 349 g/mol. The number of benzene rings is 2. The third-order valence-electron chi connectivity index (χ3n) is 3.39. The van der Waals surface area contributed by atoms with E-state index in [-0.39, 0.29) is 5.91 Å². The molecule has 24 heavy (non-hydrogen) atoms. The molecule has 0 aliphatic rings. The molecule has 0 aromatic heterocycles. The van der Waals surface area contributed by atoms with Crippen molar-refractivity contribution in [3.05, 3.63) is 52.5 Å². The molecule has 0 unspecified atom stereocenters. The van der Waals surface area contributed by atoms with Gasteiger partial charge in [-0.15, -0.1) is 0 Å². The highest BCUT2D eigenvalue weighted by Gasteiger charge is 2.11. The minimum atomic E-state index is -0.207. The van der Waals surface area contributed by atoms with E-state index in [9.17, 15) is 4.79 Å². The van der Waals surface area contributed by atoms with Crippen LogP contribution in [0.15, 0.2) is 36.4 Å². The Morgan fingerprint density at radius 1 is 1.04 bits per heavy atom. The first-order valence-corrected chi connectivity index (χ1v) is 7.88. The van der Waals surface area contributed by atoms with E-state index >= 15 is 0 Å². The average molecular weight is 350 g/mol. The second kappa shape index (κ2) is 8.45. The van der Waals surface area contributed by atoms with Crippen molar-refractivity contribution in [2.45, 2.75) is 13.5 Å². The van der Waals surface area contributed by atoms with Crippen molar-refractivity contribution >= 4 is 17.5 Å². The summed E-state index contributed by atoms with van der Waals surface area (Å²) in [5.41, 5.74) is 1.38. The summed E-state index contributed by atoms with van der Waals surface area (Å²) >= 11 is 6.15. The van der Waals surface area contributed by atoms with Crippen molar-refractivity contribution in [2.75, 3.05) is 20.8 Å². The van der Waals surface area contributed by atoms with Gasteiger partial charge in [-0.2, -0.15) is 0 Å². The summed E-state index contributed by atoms with van der Waals surface area (Å²) in [7, 11) is 3.08. The Hall–Kier alpha value is -2.40. The molecule has 2 aromatic rings. The Labute approximate surface area is 146 Å². The lowest BCUT2D eigenvalue weighted by Gasteiger charge is -2.11. The molecular formula is C18H20ClNO4. The van der Waals surface area contributed by atoms with E-state index in [1.165, 1.54) is 7.11 Å². The van der Waals surface area contributed by atoms with Crippen molar-refractivity contribution in [1.82, 2.24) is 5.32 Å². The van der Waals surface area contributed by atoms with Crippen LogP contribution in [0.2, 0.25) is 5.02 Å². The Balaban J connectivity index is 2.04. The fourth-order valence-electron chi connectivity index (χ4n) is 2.19. The zero-order valence-corrected chi connectivity index (χ0v) is 14.6. The number of halogens is 1. The number of ether oxygens (including phenoxy) is 3. The predicted molar refractivity (Wildman–Crippen MR) is 93.3 cm³/mol. The number of methoxy groups -OCH3 is 2. The normalized spacial score (nSPS) is 10.2. The summed E-state index contributed by atoms with van der Waals surface area (Å²) in [5.74, 6) is 1.51. The van der Waals surface area contributed by atoms with Crippen molar-refractivity contribution in [3.63, 3.8) is 0 Å². The molecule has 0 bridgehead atoms. The first-order chi connectivity index (χ1) is 11.6. The van der Waals surface area contributed by atoms with Crippen LogP contribution < -0.4 is 19.5 Å². The lowest BCUT2D eigenvalue weighted by atomic mass is 10.1. The molecule has 128 valence electrons. The van der Waals surface area contributed by atoms with Gasteiger partial charge in [-0.25, -0.2) is 0 Å². The second-order valence-corrected chi connectivity index (χ2v) is 5.36. The SMILES string of the molecule is CCOc1ccc(CNC(=O)c2ccc(OC)c(OC)c2)cc1Cl. The molecule has 0 spiro atoms. The molecule has 0 heterocycles. The Kier molecular flexibility index (Phi) is 6.32. The van der Waals surface area contributed by atoms with Gasteiger partial charge in [-0.1, -0.05) is 17.7 Å². The van der Waals surface area contributed by atoms with Crippen molar-refractivity contribution in [3.8, 4) is 17.2 Å². The van der Waals surface area contributed by atoms with E-state index in [0.717, 1.165) is 5.56 Å². The summed E-state index contributed by atoms with van der Waals surface area (Å²) in [6.07, 6.45) is 0. The summed E-state index contributed by atoms with van der Waals surface area (Å²) in [6, 6.07) is 10.5. The topological polar surface area (TPSA) is 56.8 Å². The zero-order valence-electron chi connectivity index (χ0n) is 13.9. The number of rotatable bonds is 7. The molecule has 0 aliphatic carbocycles. The molecule has 0 atom stereocenters. The quantitative estimate of drug-likeness (QED) is 0.828. The van der Waals surface area contributed by atoms with E-state index in [4.69, 9.17) is 25.8 Å². The van der Waals surface area contributed by atoms with Crippen LogP contribution in [0.1, 0.15) is 22.8 Å². The van der Waals surface area contributed by atoms with Gasteiger partial charge in [0.2, 0.25) is 0 Å². The fraction of sp³-hybridized carbons (Fsp3) is 0.278. The van der Waals surface area contributed by atoms with Gasteiger partial charge in [-0.05, 0) is 42.8 Å². The lowest BCUT2D eigenvalue weighted by Crippen LogP contribution is -2.22. The third kappa shape index (κ3) is 4.32. The zero-order chi connectivity index (χ0) is 17.5. The molecule has 6 heteroatoms. The highest BCUT2D eigenvalue weighted by Crippen LogP contribution is 2.28. The van der Waals surface area contributed by atoms with Crippen molar-refractivity contribution in [2.24, 2.45) is 0 Å². The Bertz CT molecular complexity index is 718. The first-order valence-electron chi connectivity index (χ1n) is 7.50. The Morgan fingerprint density at radius 3 is 2.38 bits per heavy atom. The van der Waals surface area contributed by atoms with Gasteiger partial charge in [0.25, 0.3) is 5.91 Å². The van der Waals surface area contributed by atoms with Gasteiger partial charge in [0.05, 0.1) is 25.8 Å². The van der Waals surface area contributed by atoms with Crippen LogP contribution in [0.4, 0.5) is 0 Å². The molecule has 2 rings (SSSR count). The van der Waals surface area contributed by atoms with E-state index in [1.54, 1.807) is 37.4 Å². The first kappa shape index (κ1) is 17.9. The molecule has 1 N–H and O–H groups in total. The van der Waals surface area contributed by atoms with Crippen LogP contribution in [0.3, 0.4) is 0 Å². The van der Waals surface area contributed by atoms with Gasteiger partial charge >= 0.3 is 0 Å². The van der Waals surface area contributed by atoms with E-state index in [2.05, 4.69) is 5.32 Å². The number of hydrogen-bond acceptors (Lipinski definition) is 4. The van der Waals surface area contributed by atoms with Gasteiger partial charge in [0.1, 0.15) is 5.75 Å². The van der Waals surface area contributed by atoms with Crippen LogP contribution in [-0.4, -0.2) is 26.7 Å². The van der Waals surface area contributed by atoms with Crippen LogP contribution >= 0.6 is 11.6 Å². The second-order valence-electron chi connectivity index (χ2n) is 4.95. The maximum absolute atomic E-state index is 12.3. The van der Waals surface area contributed by atoms with Gasteiger partial charge in [0.15, 0.2) is 11.5 Å². The molecule has 0 fully saturated rings. The molecular weight excluding hydrogens is 330 g/mol. The molecule has 0 aliphatic heterocycles. The standard InChI is InChI=1S/C18H20ClNO4/c1-4-24-15-7-5-12(9-14(15)19)11-20-18(21)13-6-8-16(22-2)17(10-13)23-3/h5-10H,4,11H2,1-3H3,(H,20,21). The number of carbonyl (C=O) groups excluding carboxylic acids is 1. The molecule has 0 saturated heterocycles. The van der Waals surface area contributed by atoms with E-state index in [1.807, 2.05) is 13.0 Å². The Morgan fingerprint density at radius 2 is 1.75 bits per heavy atom. The maximum Gasteiger partial charge on any atom is 0.251 e. The molecule has 2 aromatic carbocycles. The largest absolute Gasteiger partial charge is 0.493 e. The number of nitrogens with one attached hydrogen (secondary N) is 1. The predicted octanol–water partition coefficient (Wildman–Crippen LogP) is 3.69. The lowest BCUT2D eigenvalue weighted by molar-refractivity contribution is 0.0950. The summed E-state index contributed by atoms with van der Waals surface area (Å²) in [4.78, 5) is 12.3. The number of carbonyl (C=O) groups is 1. The van der Waals surface area contributed by atoms with Crippen LogP contribution in [0.5, 0.6) is 17.2 Å². The third-order valence-corrected chi connectivity index (χ3v) is 3.69. The summed E-state index contributed by atoms with van der Waals surface area (Å²) in [5, 5.41) is 3.37. The minimum Gasteiger partial charge on any atom is -0.493 e. The molecule has 1 amide bonds. The smallest absolute Gasteiger partial charge is 0.251 e. The number of amides is 1. The van der Waals surface area contributed by atoms with Gasteiger partial charge in [-0.3, -0.25) is 4.79 Å². The molecule has 0 saturated carbocycles. The van der Waals surface area contributed by atoms with Crippen LogP contribution in [0, 0.1) is 0 Å². The van der Waals surface area contributed by atoms with Gasteiger partial charge < -0.3 is 19.5 Å². The molecule has 0 radical (unpaired) electrons. The van der Waals surface area contributed by atoms with Crippen molar-refractivity contribution < 1.29 is 19.0 Å². The van der Waals surface area contributed by atoms with Crippen molar-refractivity contribution in [1.29, 1.82) is 0 Å². The summed E-state index contributed by atoms with van der Waals surface area (Å²) in [6.45, 7) is 2.81. The summed E-state index contributed by atoms with van der Waals surface area (Å²) < 4.78 is 15.8. The van der Waals surface area contributed by atoms with E-state index in [0.29, 0.717) is 41.0 Å². The molecule has 5 nitrogen and oxygen atoms in total. The average Bonchev–Trinajstić information content (AvgIpc) is 2.61. The number of hydrogen-bond donors (Lipinski definition) is 1. The van der Waals surface area contributed by atoms with Crippen LogP contribution in [-0.2, 0) is 6.54 Å². The highest BCUT2D eigenvalue weighted by molar-refractivity contribution is 6.32. The fourth-order valence-corrected chi connectivity index (χ4v) is 2.45. The maximum atomic E-state index is 12.3. The van der Waals surface area contributed by atoms with E-state index < -0.39 is 0 Å². The van der Waals surface area contributed by atoms with Gasteiger partial charge in [0, 0.05) is 12.1 Å². The minimum absolute atomic E-state index is 0.207.